The number of aryl methyl sites for hydroxylation is 1. The number of anilines is 2. The van der Waals surface area contributed by atoms with E-state index < -0.39 is 5.82 Å². The molecule has 1 aliphatic rings. The van der Waals surface area contributed by atoms with Crippen LogP contribution >= 0.6 is 0 Å². The van der Waals surface area contributed by atoms with Gasteiger partial charge in [0.2, 0.25) is 5.91 Å². The molecule has 4 nitrogen and oxygen atoms in total. The maximum Gasteiger partial charge on any atom is 0.224 e. The summed E-state index contributed by atoms with van der Waals surface area (Å²) < 4.78 is 13.2. The fourth-order valence-electron chi connectivity index (χ4n) is 2.39. The van der Waals surface area contributed by atoms with E-state index in [4.69, 9.17) is 0 Å². The zero-order valence-electron chi connectivity index (χ0n) is 11.3. The minimum absolute atomic E-state index is 0.0351. The highest BCUT2D eigenvalue weighted by atomic mass is 19.1. The molecule has 0 aromatic heterocycles. The first-order chi connectivity index (χ1) is 10.1. The lowest BCUT2D eigenvalue weighted by atomic mass is 10.0. The molecule has 1 aliphatic heterocycles. The van der Waals surface area contributed by atoms with Crippen molar-refractivity contribution in [1.82, 2.24) is 0 Å². The summed E-state index contributed by atoms with van der Waals surface area (Å²) >= 11 is 0. The zero-order valence-corrected chi connectivity index (χ0v) is 11.3. The molecule has 3 N–H and O–H groups in total. The van der Waals surface area contributed by atoms with Crippen molar-refractivity contribution in [2.45, 2.75) is 19.4 Å². The van der Waals surface area contributed by atoms with Gasteiger partial charge in [-0.1, -0.05) is 12.1 Å². The Bertz CT molecular complexity index is 701. The Labute approximate surface area is 121 Å². The fourth-order valence-corrected chi connectivity index (χ4v) is 2.39. The van der Waals surface area contributed by atoms with Crippen LogP contribution in [0, 0.1) is 5.82 Å². The van der Waals surface area contributed by atoms with E-state index in [9.17, 15) is 14.3 Å². The van der Waals surface area contributed by atoms with Gasteiger partial charge in [0.15, 0.2) is 11.6 Å². The summed E-state index contributed by atoms with van der Waals surface area (Å²) in [4.78, 5) is 11.3. The highest BCUT2D eigenvalue weighted by Crippen LogP contribution is 2.27. The van der Waals surface area contributed by atoms with E-state index in [0.717, 1.165) is 16.9 Å². The van der Waals surface area contributed by atoms with Gasteiger partial charge in [-0.2, -0.15) is 0 Å². The largest absolute Gasteiger partial charge is 0.505 e. The summed E-state index contributed by atoms with van der Waals surface area (Å²) in [5.41, 5.74) is 3.28. The number of carbonyl (C=O) groups excluding carboxylic acids is 1. The number of aromatic hydroxyl groups is 1. The predicted molar refractivity (Wildman–Crippen MR) is 78.8 cm³/mol. The van der Waals surface area contributed by atoms with Crippen LogP contribution in [0.4, 0.5) is 15.8 Å². The van der Waals surface area contributed by atoms with Crippen molar-refractivity contribution in [2.24, 2.45) is 0 Å². The first-order valence-corrected chi connectivity index (χ1v) is 6.76. The van der Waals surface area contributed by atoms with Crippen LogP contribution in [0.5, 0.6) is 5.75 Å². The maximum atomic E-state index is 13.2. The van der Waals surface area contributed by atoms with Crippen molar-refractivity contribution in [3.05, 3.63) is 53.3 Å². The first-order valence-electron chi connectivity index (χ1n) is 6.76. The Kier molecular flexibility index (Phi) is 3.48. The molecule has 0 aliphatic carbocycles. The molecule has 0 spiro atoms. The topological polar surface area (TPSA) is 61.4 Å². The van der Waals surface area contributed by atoms with Crippen molar-refractivity contribution in [3.63, 3.8) is 0 Å². The Hall–Kier alpha value is -2.56. The third-order valence-electron chi connectivity index (χ3n) is 3.55. The van der Waals surface area contributed by atoms with Crippen molar-refractivity contribution < 1.29 is 14.3 Å². The van der Waals surface area contributed by atoms with Gasteiger partial charge in [-0.3, -0.25) is 4.79 Å². The maximum absolute atomic E-state index is 13.2. The number of benzene rings is 2. The van der Waals surface area contributed by atoms with Crippen molar-refractivity contribution in [1.29, 1.82) is 0 Å². The second-order valence-corrected chi connectivity index (χ2v) is 5.02. The fraction of sp³-hybridized carbons (Fsp3) is 0.188. The number of halogens is 1. The minimum Gasteiger partial charge on any atom is -0.505 e. The number of hydrogen-bond acceptors (Lipinski definition) is 3. The molecular weight excluding hydrogens is 271 g/mol. The molecule has 21 heavy (non-hydrogen) atoms. The summed E-state index contributed by atoms with van der Waals surface area (Å²) in [5, 5.41) is 15.6. The number of hydrogen-bond donors (Lipinski definition) is 3. The van der Waals surface area contributed by atoms with Crippen LogP contribution in [0.15, 0.2) is 36.4 Å². The average molecular weight is 286 g/mol. The van der Waals surface area contributed by atoms with E-state index in [1.165, 1.54) is 6.07 Å². The van der Waals surface area contributed by atoms with Crippen LogP contribution in [0.3, 0.4) is 0 Å². The average Bonchev–Trinajstić information content (AvgIpc) is 2.49. The van der Waals surface area contributed by atoms with Gasteiger partial charge in [0.25, 0.3) is 0 Å². The summed E-state index contributed by atoms with van der Waals surface area (Å²) in [6.45, 7) is 0.328. The highest BCUT2D eigenvalue weighted by Gasteiger charge is 2.14. The van der Waals surface area contributed by atoms with Gasteiger partial charge in [-0.15, -0.1) is 0 Å². The predicted octanol–water partition coefficient (Wildman–Crippen LogP) is 3.03. The van der Waals surface area contributed by atoms with Crippen LogP contribution in [0.25, 0.3) is 0 Å². The highest BCUT2D eigenvalue weighted by molar-refractivity contribution is 5.94. The van der Waals surface area contributed by atoms with Crippen LogP contribution in [-0.2, 0) is 17.8 Å². The lowest BCUT2D eigenvalue weighted by Crippen LogP contribution is -2.18. The Morgan fingerprint density at radius 2 is 2.10 bits per heavy atom. The first kappa shape index (κ1) is 13.4. The molecule has 0 saturated heterocycles. The number of phenolic OH excluding ortho intramolecular Hbond substituents is 1. The number of fused-ring (bicyclic) bond motifs is 1. The Balaban J connectivity index is 1.74. The molecule has 3 rings (SSSR count). The van der Waals surface area contributed by atoms with Crippen LogP contribution in [-0.4, -0.2) is 11.0 Å². The number of carbonyl (C=O) groups is 1. The molecule has 0 unspecified atom stereocenters. The quantitative estimate of drug-likeness (QED) is 0.812. The van der Waals surface area contributed by atoms with Crippen LogP contribution in [0.2, 0.25) is 0 Å². The molecule has 0 radical (unpaired) electrons. The molecular formula is C16H15FN2O2. The van der Waals surface area contributed by atoms with Gasteiger partial charge in [-0.25, -0.2) is 4.39 Å². The lowest BCUT2D eigenvalue weighted by molar-refractivity contribution is -0.116. The van der Waals surface area contributed by atoms with Gasteiger partial charge in [0.05, 0.1) is 0 Å². The second kappa shape index (κ2) is 5.44. The van der Waals surface area contributed by atoms with Gasteiger partial charge < -0.3 is 15.7 Å². The molecule has 0 saturated carbocycles. The molecule has 0 fully saturated rings. The van der Waals surface area contributed by atoms with E-state index in [1.54, 1.807) is 12.1 Å². The smallest absolute Gasteiger partial charge is 0.224 e. The normalized spacial score (nSPS) is 13.5. The van der Waals surface area contributed by atoms with Crippen LogP contribution < -0.4 is 10.6 Å². The standard InChI is InChI=1S/C16H15FN2O2/c17-13-3-1-2-11(16(13)21)9-18-12-5-6-14-10(8-12)4-7-15(20)19-14/h1-3,5-6,8,18,21H,4,7,9H2,(H,19,20). The summed E-state index contributed by atoms with van der Waals surface area (Å²) in [6.07, 6.45) is 1.20. The molecule has 0 atom stereocenters. The Morgan fingerprint density at radius 1 is 1.24 bits per heavy atom. The summed E-state index contributed by atoms with van der Waals surface area (Å²) in [7, 11) is 0. The molecule has 2 aromatic carbocycles. The van der Waals surface area contributed by atoms with E-state index >= 15 is 0 Å². The Morgan fingerprint density at radius 3 is 2.95 bits per heavy atom. The zero-order chi connectivity index (χ0) is 14.8. The molecule has 1 heterocycles. The van der Waals surface area contributed by atoms with Crippen molar-refractivity contribution in [3.8, 4) is 5.75 Å². The number of phenols is 1. The SMILES string of the molecule is O=C1CCc2cc(NCc3cccc(F)c3O)ccc2N1. The monoisotopic (exact) mass is 286 g/mol. The lowest BCUT2D eigenvalue weighted by Gasteiger charge is -2.18. The summed E-state index contributed by atoms with van der Waals surface area (Å²) in [6, 6.07) is 10.1. The van der Waals surface area contributed by atoms with Crippen molar-refractivity contribution >= 4 is 17.3 Å². The van der Waals surface area contributed by atoms with E-state index in [1.807, 2.05) is 18.2 Å². The molecule has 108 valence electrons. The van der Waals surface area contributed by atoms with Gasteiger partial charge in [0.1, 0.15) is 0 Å². The van der Waals surface area contributed by atoms with E-state index in [2.05, 4.69) is 10.6 Å². The third kappa shape index (κ3) is 2.81. The number of amides is 1. The van der Waals surface area contributed by atoms with Crippen molar-refractivity contribution in [2.75, 3.05) is 10.6 Å². The van der Waals surface area contributed by atoms with Gasteiger partial charge in [-0.05, 0) is 36.2 Å². The van der Waals surface area contributed by atoms with Gasteiger partial charge >= 0.3 is 0 Å². The second-order valence-electron chi connectivity index (χ2n) is 5.02. The number of nitrogens with one attached hydrogen (secondary N) is 2. The van der Waals surface area contributed by atoms with Gasteiger partial charge in [0, 0.05) is 29.9 Å². The number of rotatable bonds is 3. The van der Waals surface area contributed by atoms with E-state index in [0.29, 0.717) is 24.9 Å². The molecule has 1 amide bonds. The third-order valence-corrected chi connectivity index (χ3v) is 3.55. The molecule has 5 heteroatoms. The number of para-hydroxylation sites is 1. The molecule has 2 aromatic rings. The molecule has 0 bridgehead atoms. The summed E-state index contributed by atoms with van der Waals surface area (Å²) in [5.74, 6) is -0.912. The van der Waals surface area contributed by atoms with E-state index in [-0.39, 0.29) is 11.7 Å². The van der Waals surface area contributed by atoms with Crippen LogP contribution in [0.1, 0.15) is 17.5 Å². The minimum atomic E-state index is -0.623.